The predicted octanol–water partition coefficient (Wildman–Crippen LogP) is 0.366. The van der Waals surface area contributed by atoms with E-state index in [-0.39, 0.29) is 5.03 Å². The van der Waals surface area contributed by atoms with Crippen LogP contribution >= 0.6 is 0 Å². The van der Waals surface area contributed by atoms with E-state index >= 15 is 0 Å². The number of hydrogen-bond acceptors (Lipinski definition) is 6. The first kappa shape index (κ1) is 15.3. The van der Waals surface area contributed by atoms with Crippen molar-refractivity contribution >= 4 is 28.2 Å². The summed E-state index contributed by atoms with van der Waals surface area (Å²) in [5, 5.41) is -0.0450. The number of sulfone groups is 1. The molecule has 2 rings (SSSR count). The van der Waals surface area contributed by atoms with E-state index in [1.165, 1.54) is 12.1 Å². The van der Waals surface area contributed by atoms with E-state index in [1.807, 2.05) is 27.7 Å². The van der Waals surface area contributed by atoms with Crippen LogP contribution in [0.25, 0.3) is 0 Å². The number of anilines is 1. The Hall–Kier alpha value is -1.12. The van der Waals surface area contributed by atoms with Crippen LogP contribution in [0.2, 0.25) is 0 Å². The van der Waals surface area contributed by atoms with Crippen LogP contribution in [0.4, 0.5) is 5.69 Å². The molecule has 0 spiro atoms. The second-order valence-corrected chi connectivity index (χ2v) is 7.95. The third-order valence-electron chi connectivity index (χ3n) is 3.79. The molecule has 1 aliphatic heterocycles. The SMILES string of the molecule is CC1(C)OB(c2nc(S(C)(=O)=O)ccc2N)OC1(C)C. The fourth-order valence-corrected chi connectivity index (χ4v) is 2.40. The van der Waals surface area contributed by atoms with Crippen LogP contribution in [0, 0.1) is 0 Å². The Bertz CT molecular complexity index is 627. The van der Waals surface area contributed by atoms with E-state index in [0.717, 1.165) is 6.26 Å². The molecule has 0 atom stereocenters. The number of nitrogen functional groups attached to an aromatic ring is 1. The lowest BCUT2D eigenvalue weighted by molar-refractivity contribution is 0.00578. The Morgan fingerprint density at radius 2 is 1.65 bits per heavy atom. The third-order valence-corrected chi connectivity index (χ3v) is 4.78. The first-order valence-corrected chi connectivity index (χ1v) is 8.15. The second kappa shape index (κ2) is 4.44. The van der Waals surface area contributed by atoms with Crippen molar-refractivity contribution in [2.75, 3.05) is 12.0 Å². The average Bonchev–Trinajstić information content (AvgIpc) is 2.46. The van der Waals surface area contributed by atoms with E-state index in [9.17, 15) is 8.42 Å². The van der Waals surface area contributed by atoms with Crippen molar-refractivity contribution in [3.63, 3.8) is 0 Å². The molecule has 110 valence electrons. The van der Waals surface area contributed by atoms with E-state index < -0.39 is 28.2 Å². The van der Waals surface area contributed by atoms with E-state index in [4.69, 9.17) is 15.0 Å². The minimum absolute atomic E-state index is 0.0450. The van der Waals surface area contributed by atoms with Gasteiger partial charge in [-0.2, -0.15) is 0 Å². The molecule has 1 aliphatic rings. The lowest BCUT2D eigenvalue weighted by Crippen LogP contribution is -2.41. The van der Waals surface area contributed by atoms with Crippen molar-refractivity contribution in [3.8, 4) is 0 Å². The van der Waals surface area contributed by atoms with Gasteiger partial charge in [-0.25, -0.2) is 13.4 Å². The zero-order valence-corrected chi connectivity index (χ0v) is 13.1. The highest BCUT2D eigenvalue weighted by atomic mass is 32.2. The molecule has 2 N–H and O–H groups in total. The fraction of sp³-hybridized carbons (Fsp3) is 0.583. The summed E-state index contributed by atoms with van der Waals surface area (Å²) in [5.74, 6) is 0. The normalized spacial score (nSPS) is 21.1. The van der Waals surface area contributed by atoms with Gasteiger partial charge in [0.2, 0.25) is 0 Å². The molecule has 0 amide bonds. The van der Waals surface area contributed by atoms with Crippen molar-refractivity contribution in [2.45, 2.75) is 43.9 Å². The highest BCUT2D eigenvalue weighted by molar-refractivity contribution is 7.90. The minimum atomic E-state index is -3.41. The molecule has 1 fully saturated rings. The molecule has 8 heteroatoms. The number of pyridine rings is 1. The van der Waals surface area contributed by atoms with E-state index in [1.54, 1.807) is 0 Å². The monoisotopic (exact) mass is 298 g/mol. The molecular weight excluding hydrogens is 279 g/mol. The maximum Gasteiger partial charge on any atom is 0.516 e. The van der Waals surface area contributed by atoms with Gasteiger partial charge < -0.3 is 15.0 Å². The predicted molar refractivity (Wildman–Crippen MR) is 77.5 cm³/mol. The molecule has 0 unspecified atom stereocenters. The fourth-order valence-electron chi connectivity index (χ4n) is 1.82. The summed E-state index contributed by atoms with van der Waals surface area (Å²) in [7, 11) is -4.18. The van der Waals surface area contributed by atoms with Gasteiger partial charge in [0.15, 0.2) is 14.9 Å². The van der Waals surface area contributed by atoms with Crippen LogP contribution in [0.3, 0.4) is 0 Å². The largest absolute Gasteiger partial charge is 0.516 e. The maximum atomic E-state index is 11.6. The van der Waals surface area contributed by atoms with Gasteiger partial charge in [0, 0.05) is 11.9 Å². The van der Waals surface area contributed by atoms with Gasteiger partial charge in [0.1, 0.15) is 0 Å². The molecule has 1 aromatic rings. The Morgan fingerprint density at radius 1 is 1.15 bits per heavy atom. The summed E-state index contributed by atoms with van der Waals surface area (Å²) in [4.78, 5) is 4.09. The first-order chi connectivity index (χ1) is 8.94. The molecular formula is C12H19BN2O4S. The summed E-state index contributed by atoms with van der Waals surface area (Å²) >= 11 is 0. The highest BCUT2D eigenvalue weighted by Gasteiger charge is 2.53. The van der Waals surface area contributed by atoms with Gasteiger partial charge in [-0.1, -0.05) is 0 Å². The maximum absolute atomic E-state index is 11.6. The van der Waals surface area contributed by atoms with Crippen molar-refractivity contribution in [1.29, 1.82) is 0 Å². The summed E-state index contributed by atoms with van der Waals surface area (Å²) < 4.78 is 34.8. The quantitative estimate of drug-likeness (QED) is 0.793. The average molecular weight is 298 g/mol. The molecule has 1 aromatic heterocycles. The first-order valence-electron chi connectivity index (χ1n) is 6.26. The molecule has 1 saturated heterocycles. The van der Waals surface area contributed by atoms with Crippen LogP contribution in [-0.4, -0.2) is 38.0 Å². The Kier molecular flexibility index (Phi) is 3.39. The van der Waals surface area contributed by atoms with Gasteiger partial charge in [-0.3, -0.25) is 0 Å². The summed E-state index contributed by atoms with van der Waals surface area (Å²) in [6.45, 7) is 7.63. The highest BCUT2D eigenvalue weighted by Crippen LogP contribution is 2.36. The Balaban J connectivity index is 2.45. The van der Waals surface area contributed by atoms with Gasteiger partial charge in [0.05, 0.1) is 16.8 Å². The van der Waals surface area contributed by atoms with Crippen LogP contribution in [-0.2, 0) is 19.1 Å². The Morgan fingerprint density at radius 3 is 2.10 bits per heavy atom. The zero-order valence-electron chi connectivity index (χ0n) is 12.3. The molecule has 2 heterocycles. The number of hydrogen-bond donors (Lipinski definition) is 1. The Labute approximate surface area is 119 Å². The van der Waals surface area contributed by atoms with Crippen molar-refractivity contribution in [1.82, 2.24) is 4.98 Å². The van der Waals surface area contributed by atoms with Crippen molar-refractivity contribution in [2.24, 2.45) is 0 Å². The van der Waals surface area contributed by atoms with Crippen LogP contribution in [0.15, 0.2) is 17.2 Å². The van der Waals surface area contributed by atoms with Gasteiger partial charge >= 0.3 is 7.12 Å². The minimum Gasteiger partial charge on any atom is -0.398 e. The number of nitrogens with zero attached hydrogens (tertiary/aromatic N) is 1. The number of rotatable bonds is 2. The van der Waals surface area contributed by atoms with Gasteiger partial charge in [-0.15, -0.1) is 0 Å². The molecule has 0 aromatic carbocycles. The molecule has 20 heavy (non-hydrogen) atoms. The van der Waals surface area contributed by atoms with Crippen molar-refractivity contribution < 1.29 is 17.7 Å². The molecule has 0 aliphatic carbocycles. The van der Waals surface area contributed by atoms with Crippen LogP contribution in [0.5, 0.6) is 0 Å². The van der Waals surface area contributed by atoms with E-state index in [2.05, 4.69) is 4.98 Å². The third kappa shape index (κ3) is 2.55. The van der Waals surface area contributed by atoms with Crippen LogP contribution < -0.4 is 11.3 Å². The smallest absolute Gasteiger partial charge is 0.398 e. The van der Waals surface area contributed by atoms with Gasteiger partial charge in [-0.05, 0) is 39.8 Å². The topological polar surface area (TPSA) is 91.5 Å². The number of nitrogens with two attached hydrogens (primary N) is 1. The van der Waals surface area contributed by atoms with E-state index in [0.29, 0.717) is 11.3 Å². The molecule has 0 bridgehead atoms. The molecule has 6 nitrogen and oxygen atoms in total. The summed E-state index contributed by atoms with van der Waals surface area (Å²) in [5.41, 5.74) is 5.44. The summed E-state index contributed by atoms with van der Waals surface area (Å²) in [6.07, 6.45) is 1.10. The lowest BCUT2D eigenvalue weighted by Gasteiger charge is -2.32. The van der Waals surface area contributed by atoms with Crippen molar-refractivity contribution in [3.05, 3.63) is 12.1 Å². The molecule has 0 radical (unpaired) electrons. The zero-order chi connectivity index (χ0) is 15.3. The van der Waals surface area contributed by atoms with Gasteiger partial charge in [0.25, 0.3) is 0 Å². The number of aromatic nitrogens is 1. The summed E-state index contributed by atoms with van der Waals surface area (Å²) in [6, 6.07) is 2.88. The standard InChI is InChI=1S/C12H19BN2O4S/c1-11(2)12(3,4)19-13(18-11)10-8(14)6-7-9(15-10)20(5,16)17/h6-7H,14H2,1-5H3. The lowest BCUT2D eigenvalue weighted by atomic mass is 9.83. The molecule has 0 saturated carbocycles. The second-order valence-electron chi connectivity index (χ2n) is 5.98. The van der Waals surface area contributed by atoms with Crippen LogP contribution in [0.1, 0.15) is 27.7 Å².